The number of piperazine rings is 1. The molecule has 0 spiro atoms. The standard InChI is InChI=1S/C12H24N4/c1-12(2)10-16(8-7-15(12)4)6-5-11(9-13)14-3/h11,14H,5-8,10H2,1-4H3. The van der Waals surface area contributed by atoms with Gasteiger partial charge in [0.15, 0.2) is 0 Å². The van der Waals surface area contributed by atoms with Gasteiger partial charge in [-0.1, -0.05) is 0 Å². The first-order chi connectivity index (χ1) is 7.49. The lowest BCUT2D eigenvalue weighted by atomic mass is 9.99. The second kappa shape index (κ2) is 5.62. The van der Waals surface area contributed by atoms with E-state index in [1.165, 1.54) is 0 Å². The minimum Gasteiger partial charge on any atom is -0.305 e. The van der Waals surface area contributed by atoms with E-state index in [0.717, 1.165) is 32.6 Å². The number of nitrogens with zero attached hydrogens (tertiary/aromatic N) is 3. The minimum absolute atomic E-state index is 0.0113. The van der Waals surface area contributed by atoms with Crippen LogP contribution in [0.1, 0.15) is 20.3 Å². The van der Waals surface area contributed by atoms with Crippen molar-refractivity contribution in [3.8, 4) is 6.07 Å². The van der Waals surface area contributed by atoms with Gasteiger partial charge in [-0.05, 0) is 34.4 Å². The summed E-state index contributed by atoms with van der Waals surface area (Å²) in [6.07, 6.45) is 0.910. The predicted molar refractivity (Wildman–Crippen MR) is 66.2 cm³/mol. The summed E-state index contributed by atoms with van der Waals surface area (Å²) in [6.45, 7) is 8.88. The molecule has 1 rings (SSSR count). The maximum Gasteiger partial charge on any atom is 0.0962 e. The van der Waals surface area contributed by atoms with Gasteiger partial charge in [0, 0.05) is 31.7 Å². The van der Waals surface area contributed by atoms with Gasteiger partial charge in [0.2, 0.25) is 0 Å². The van der Waals surface area contributed by atoms with Crippen LogP contribution in [0.25, 0.3) is 0 Å². The smallest absolute Gasteiger partial charge is 0.0962 e. The van der Waals surface area contributed by atoms with E-state index in [1.54, 1.807) is 0 Å². The van der Waals surface area contributed by atoms with E-state index < -0.39 is 0 Å². The molecule has 0 saturated carbocycles. The van der Waals surface area contributed by atoms with E-state index in [0.29, 0.717) is 0 Å². The van der Waals surface area contributed by atoms with Gasteiger partial charge in [0.25, 0.3) is 0 Å². The molecule has 0 radical (unpaired) electrons. The van der Waals surface area contributed by atoms with Crippen molar-refractivity contribution in [2.45, 2.75) is 31.8 Å². The summed E-state index contributed by atoms with van der Waals surface area (Å²) in [6, 6.07) is 2.26. The molecule has 0 aromatic carbocycles. The number of hydrogen-bond acceptors (Lipinski definition) is 4. The Labute approximate surface area is 99.2 Å². The van der Waals surface area contributed by atoms with E-state index in [9.17, 15) is 0 Å². The van der Waals surface area contributed by atoms with Gasteiger partial charge in [-0.3, -0.25) is 4.90 Å². The van der Waals surface area contributed by atoms with E-state index in [2.05, 4.69) is 42.1 Å². The average Bonchev–Trinajstić information content (AvgIpc) is 2.24. The molecule has 1 aliphatic rings. The normalized spacial score (nSPS) is 23.9. The van der Waals surface area contributed by atoms with Gasteiger partial charge in [-0.25, -0.2) is 0 Å². The lowest BCUT2D eigenvalue weighted by Crippen LogP contribution is -2.57. The van der Waals surface area contributed by atoms with Crippen molar-refractivity contribution in [3.05, 3.63) is 0 Å². The van der Waals surface area contributed by atoms with E-state index in [4.69, 9.17) is 5.26 Å². The van der Waals surface area contributed by atoms with Crippen molar-refractivity contribution < 1.29 is 0 Å². The molecule has 1 heterocycles. The third-order valence-electron chi connectivity index (χ3n) is 3.63. The second-order valence-electron chi connectivity index (χ2n) is 5.27. The fourth-order valence-electron chi connectivity index (χ4n) is 2.12. The number of nitriles is 1. The van der Waals surface area contributed by atoms with Crippen molar-refractivity contribution in [2.75, 3.05) is 40.3 Å². The highest BCUT2D eigenvalue weighted by Gasteiger charge is 2.30. The zero-order valence-electron chi connectivity index (χ0n) is 11.0. The highest BCUT2D eigenvalue weighted by molar-refractivity contribution is 4.92. The molecule has 1 unspecified atom stereocenters. The number of nitrogens with one attached hydrogen (secondary N) is 1. The number of likely N-dealkylation sites (N-methyl/N-ethyl adjacent to an activating group) is 1. The Balaban J connectivity index is 2.37. The molecule has 4 heteroatoms. The molecule has 0 bridgehead atoms. The molecule has 1 aliphatic heterocycles. The number of hydrogen-bond donors (Lipinski definition) is 1. The van der Waals surface area contributed by atoms with Crippen molar-refractivity contribution in [2.24, 2.45) is 0 Å². The second-order valence-corrected chi connectivity index (χ2v) is 5.27. The topological polar surface area (TPSA) is 42.3 Å². The highest BCUT2D eigenvalue weighted by atomic mass is 15.3. The van der Waals surface area contributed by atoms with Gasteiger partial charge in [-0.2, -0.15) is 5.26 Å². The van der Waals surface area contributed by atoms with Crippen LogP contribution in [0.3, 0.4) is 0 Å². The Kier molecular flexibility index (Phi) is 4.72. The Hall–Kier alpha value is -0.630. The molecule has 0 aromatic heterocycles. The zero-order valence-corrected chi connectivity index (χ0v) is 11.0. The summed E-state index contributed by atoms with van der Waals surface area (Å²) >= 11 is 0. The molecule has 1 fully saturated rings. The molecule has 0 aromatic rings. The summed E-state index contributed by atoms with van der Waals surface area (Å²) in [5.74, 6) is 0. The molecular formula is C12H24N4. The van der Waals surface area contributed by atoms with Crippen LogP contribution in [0.2, 0.25) is 0 Å². The Morgan fingerprint density at radius 2 is 2.12 bits per heavy atom. The van der Waals surface area contributed by atoms with Crippen molar-refractivity contribution in [1.82, 2.24) is 15.1 Å². The summed E-state index contributed by atoms with van der Waals surface area (Å²) in [5.41, 5.74) is 0.250. The first-order valence-electron chi connectivity index (χ1n) is 6.00. The quantitative estimate of drug-likeness (QED) is 0.756. The van der Waals surface area contributed by atoms with Crippen LogP contribution in [0.15, 0.2) is 0 Å². The lowest BCUT2D eigenvalue weighted by Gasteiger charge is -2.45. The van der Waals surface area contributed by atoms with Gasteiger partial charge < -0.3 is 10.2 Å². The third-order valence-corrected chi connectivity index (χ3v) is 3.63. The Morgan fingerprint density at radius 3 is 2.62 bits per heavy atom. The van der Waals surface area contributed by atoms with Crippen LogP contribution in [0.4, 0.5) is 0 Å². The summed E-state index contributed by atoms with van der Waals surface area (Å²) in [5, 5.41) is 11.9. The zero-order chi connectivity index (χ0) is 12.2. The first-order valence-corrected chi connectivity index (χ1v) is 6.00. The maximum absolute atomic E-state index is 8.86. The summed E-state index contributed by atoms with van der Waals surface area (Å²) in [7, 11) is 4.03. The van der Waals surface area contributed by atoms with Crippen molar-refractivity contribution in [1.29, 1.82) is 5.26 Å². The molecule has 0 amide bonds. The predicted octanol–water partition coefficient (Wildman–Crippen LogP) is 0.514. The maximum atomic E-state index is 8.86. The Bertz CT molecular complexity index is 256. The molecular weight excluding hydrogens is 200 g/mol. The van der Waals surface area contributed by atoms with Crippen LogP contribution in [-0.2, 0) is 0 Å². The van der Waals surface area contributed by atoms with Crippen molar-refractivity contribution >= 4 is 0 Å². The third kappa shape index (κ3) is 3.44. The molecule has 4 nitrogen and oxygen atoms in total. The van der Waals surface area contributed by atoms with E-state index in [1.807, 2.05) is 7.05 Å². The monoisotopic (exact) mass is 224 g/mol. The summed E-state index contributed by atoms with van der Waals surface area (Å²) in [4.78, 5) is 4.87. The van der Waals surface area contributed by atoms with Gasteiger partial charge in [-0.15, -0.1) is 0 Å². The minimum atomic E-state index is -0.0113. The molecule has 1 saturated heterocycles. The first kappa shape index (κ1) is 13.4. The van der Waals surface area contributed by atoms with Crippen LogP contribution >= 0.6 is 0 Å². The van der Waals surface area contributed by atoms with Crippen LogP contribution < -0.4 is 5.32 Å². The molecule has 92 valence electrons. The molecule has 0 aliphatic carbocycles. The largest absolute Gasteiger partial charge is 0.305 e. The van der Waals surface area contributed by atoms with Crippen LogP contribution in [-0.4, -0.2) is 61.7 Å². The highest BCUT2D eigenvalue weighted by Crippen LogP contribution is 2.18. The van der Waals surface area contributed by atoms with Gasteiger partial charge in [0.1, 0.15) is 0 Å². The number of rotatable bonds is 4. The SMILES string of the molecule is CNC(C#N)CCN1CCN(C)C(C)(C)C1. The fourth-order valence-corrected chi connectivity index (χ4v) is 2.12. The average molecular weight is 224 g/mol. The van der Waals surface area contributed by atoms with Gasteiger partial charge in [0.05, 0.1) is 12.1 Å². The van der Waals surface area contributed by atoms with Crippen molar-refractivity contribution in [3.63, 3.8) is 0 Å². The fraction of sp³-hybridized carbons (Fsp3) is 0.917. The molecule has 1 N–H and O–H groups in total. The summed E-state index contributed by atoms with van der Waals surface area (Å²) < 4.78 is 0. The van der Waals surface area contributed by atoms with E-state index in [-0.39, 0.29) is 11.6 Å². The van der Waals surface area contributed by atoms with E-state index >= 15 is 0 Å². The molecule has 16 heavy (non-hydrogen) atoms. The van der Waals surface area contributed by atoms with Crippen LogP contribution in [0, 0.1) is 11.3 Å². The van der Waals surface area contributed by atoms with Gasteiger partial charge >= 0.3 is 0 Å². The van der Waals surface area contributed by atoms with Crippen LogP contribution in [0.5, 0.6) is 0 Å². The molecule has 1 atom stereocenters. The Morgan fingerprint density at radius 1 is 1.44 bits per heavy atom. The lowest BCUT2D eigenvalue weighted by molar-refractivity contribution is 0.0390.